The highest BCUT2D eigenvalue weighted by molar-refractivity contribution is 7.08. The predicted molar refractivity (Wildman–Crippen MR) is 69.4 cm³/mol. The first-order chi connectivity index (χ1) is 7.77. The first-order valence-corrected chi connectivity index (χ1v) is 6.15. The molecule has 2 rings (SSSR count). The molecule has 1 unspecified atom stereocenters. The van der Waals surface area contributed by atoms with Crippen molar-refractivity contribution in [3.63, 3.8) is 0 Å². The number of allylic oxidation sites excluding steroid dienone is 1. The van der Waals surface area contributed by atoms with Gasteiger partial charge in [0.05, 0.1) is 6.10 Å². The van der Waals surface area contributed by atoms with Crippen LogP contribution in [0.25, 0.3) is 5.57 Å². The van der Waals surface area contributed by atoms with E-state index in [1.165, 1.54) is 5.56 Å². The van der Waals surface area contributed by atoms with Crippen molar-refractivity contribution in [1.82, 2.24) is 0 Å². The van der Waals surface area contributed by atoms with Crippen LogP contribution < -0.4 is 0 Å². The van der Waals surface area contributed by atoms with Crippen molar-refractivity contribution in [2.75, 3.05) is 0 Å². The molecule has 16 heavy (non-hydrogen) atoms. The van der Waals surface area contributed by atoms with E-state index in [4.69, 9.17) is 0 Å². The highest BCUT2D eigenvalue weighted by atomic mass is 32.1. The summed E-state index contributed by atoms with van der Waals surface area (Å²) in [5.74, 6) is 0. The van der Waals surface area contributed by atoms with Gasteiger partial charge in [0.15, 0.2) is 0 Å². The minimum absolute atomic E-state index is 0.527. The quantitative estimate of drug-likeness (QED) is 0.848. The molecule has 2 heteroatoms. The lowest BCUT2D eigenvalue weighted by Crippen LogP contribution is -1.93. The summed E-state index contributed by atoms with van der Waals surface area (Å²) in [6, 6.07) is 11.8. The Bertz CT molecular complexity index is 457. The van der Waals surface area contributed by atoms with Crippen LogP contribution in [0.1, 0.15) is 24.2 Å². The standard InChI is InChI=1S/C14H14OS/c1-11(13-7-8-16-10-13)9-14(15)12-5-3-2-4-6-12/h2-10,14-15H,1H3/b11-9+. The maximum absolute atomic E-state index is 10.0. The summed E-state index contributed by atoms with van der Waals surface area (Å²) in [5, 5.41) is 14.1. The molecular formula is C14H14OS. The van der Waals surface area contributed by atoms with Crippen LogP contribution in [-0.2, 0) is 0 Å². The number of benzene rings is 1. The van der Waals surface area contributed by atoms with Crippen LogP contribution in [0.15, 0.2) is 53.2 Å². The summed E-state index contributed by atoms with van der Waals surface area (Å²) in [6.45, 7) is 2.02. The molecule has 0 aliphatic heterocycles. The summed E-state index contributed by atoms with van der Waals surface area (Å²) in [4.78, 5) is 0. The number of hydrogen-bond donors (Lipinski definition) is 1. The summed E-state index contributed by atoms with van der Waals surface area (Å²) in [7, 11) is 0. The van der Waals surface area contributed by atoms with Crippen molar-refractivity contribution in [1.29, 1.82) is 0 Å². The van der Waals surface area contributed by atoms with Crippen LogP contribution in [0, 0.1) is 0 Å². The number of thiophene rings is 1. The third-order valence-corrected chi connectivity index (χ3v) is 3.21. The molecule has 1 aromatic heterocycles. The molecule has 0 saturated carbocycles. The van der Waals surface area contributed by atoms with E-state index in [1.54, 1.807) is 11.3 Å². The predicted octanol–water partition coefficient (Wildman–Crippen LogP) is 3.89. The second-order valence-corrected chi connectivity index (χ2v) is 4.50. The first-order valence-electron chi connectivity index (χ1n) is 5.21. The average molecular weight is 230 g/mol. The second kappa shape index (κ2) is 5.10. The van der Waals surface area contributed by atoms with Crippen LogP contribution >= 0.6 is 11.3 Å². The maximum Gasteiger partial charge on any atom is 0.0977 e. The van der Waals surface area contributed by atoms with Gasteiger partial charge in [0.25, 0.3) is 0 Å². The molecule has 0 bridgehead atoms. The molecule has 2 aromatic rings. The first kappa shape index (κ1) is 11.1. The Morgan fingerprint density at radius 2 is 2.00 bits per heavy atom. The van der Waals surface area contributed by atoms with Gasteiger partial charge in [0.2, 0.25) is 0 Å². The number of hydrogen-bond acceptors (Lipinski definition) is 2. The highest BCUT2D eigenvalue weighted by Crippen LogP contribution is 2.22. The van der Waals surface area contributed by atoms with Gasteiger partial charge in [-0.25, -0.2) is 0 Å². The molecule has 1 N–H and O–H groups in total. The van der Waals surface area contributed by atoms with Gasteiger partial charge >= 0.3 is 0 Å². The molecule has 0 fully saturated rings. The molecule has 0 saturated heterocycles. The molecular weight excluding hydrogens is 216 g/mol. The van der Waals surface area contributed by atoms with E-state index in [0.717, 1.165) is 11.1 Å². The van der Waals surface area contributed by atoms with Crippen LogP contribution in [0.3, 0.4) is 0 Å². The lowest BCUT2D eigenvalue weighted by Gasteiger charge is -2.07. The molecule has 1 aromatic carbocycles. The summed E-state index contributed by atoms with van der Waals surface area (Å²) in [6.07, 6.45) is 1.36. The Hall–Kier alpha value is -1.38. The van der Waals surface area contributed by atoms with Crippen LogP contribution in [0.2, 0.25) is 0 Å². The van der Waals surface area contributed by atoms with Crippen molar-refractivity contribution in [2.24, 2.45) is 0 Å². The molecule has 1 heterocycles. The Morgan fingerprint density at radius 3 is 2.62 bits per heavy atom. The molecule has 0 spiro atoms. The smallest absolute Gasteiger partial charge is 0.0977 e. The zero-order valence-electron chi connectivity index (χ0n) is 9.13. The van der Waals surface area contributed by atoms with E-state index in [9.17, 15) is 5.11 Å². The minimum Gasteiger partial charge on any atom is -0.384 e. The highest BCUT2D eigenvalue weighted by Gasteiger charge is 2.04. The van der Waals surface area contributed by atoms with Crippen molar-refractivity contribution in [2.45, 2.75) is 13.0 Å². The summed E-state index contributed by atoms with van der Waals surface area (Å²) in [5.41, 5.74) is 3.22. The molecule has 0 aliphatic rings. The SMILES string of the molecule is C/C(=C\C(O)c1ccccc1)c1ccsc1. The van der Waals surface area contributed by atoms with E-state index < -0.39 is 6.10 Å². The fourth-order valence-electron chi connectivity index (χ4n) is 1.57. The molecule has 1 nitrogen and oxygen atoms in total. The summed E-state index contributed by atoms with van der Waals surface area (Å²) >= 11 is 1.67. The maximum atomic E-state index is 10.0. The van der Waals surface area contributed by atoms with Crippen LogP contribution in [-0.4, -0.2) is 5.11 Å². The third-order valence-electron chi connectivity index (χ3n) is 2.53. The zero-order valence-corrected chi connectivity index (χ0v) is 9.95. The van der Waals surface area contributed by atoms with Crippen LogP contribution in [0.5, 0.6) is 0 Å². The van der Waals surface area contributed by atoms with E-state index in [0.29, 0.717) is 0 Å². The van der Waals surface area contributed by atoms with Gasteiger partial charge in [-0.05, 0) is 46.5 Å². The van der Waals surface area contributed by atoms with Crippen molar-refractivity contribution in [3.8, 4) is 0 Å². The second-order valence-electron chi connectivity index (χ2n) is 3.72. The van der Waals surface area contributed by atoms with Crippen molar-refractivity contribution >= 4 is 16.9 Å². The van der Waals surface area contributed by atoms with Gasteiger partial charge in [-0.1, -0.05) is 30.3 Å². The Labute approximate surface area is 99.7 Å². The monoisotopic (exact) mass is 230 g/mol. The average Bonchev–Trinajstić information content (AvgIpc) is 2.83. The fraction of sp³-hybridized carbons (Fsp3) is 0.143. The van der Waals surface area contributed by atoms with Gasteiger partial charge in [0, 0.05) is 0 Å². The van der Waals surface area contributed by atoms with Gasteiger partial charge in [-0.15, -0.1) is 0 Å². The number of rotatable bonds is 3. The van der Waals surface area contributed by atoms with Crippen LogP contribution in [0.4, 0.5) is 0 Å². The molecule has 82 valence electrons. The van der Waals surface area contributed by atoms with E-state index in [2.05, 4.69) is 11.4 Å². The fourth-order valence-corrected chi connectivity index (χ4v) is 2.28. The Morgan fingerprint density at radius 1 is 1.25 bits per heavy atom. The molecule has 0 radical (unpaired) electrons. The van der Waals surface area contributed by atoms with Gasteiger partial charge in [0.1, 0.15) is 0 Å². The minimum atomic E-state index is -0.527. The van der Waals surface area contributed by atoms with E-state index in [-0.39, 0.29) is 0 Å². The molecule has 0 aliphatic carbocycles. The lowest BCUT2D eigenvalue weighted by molar-refractivity contribution is 0.229. The lowest BCUT2D eigenvalue weighted by atomic mass is 10.0. The van der Waals surface area contributed by atoms with Crippen molar-refractivity contribution < 1.29 is 5.11 Å². The molecule has 0 amide bonds. The van der Waals surface area contributed by atoms with E-state index in [1.807, 2.05) is 48.7 Å². The number of aliphatic hydroxyl groups is 1. The number of aliphatic hydroxyl groups excluding tert-OH is 1. The van der Waals surface area contributed by atoms with Gasteiger partial charge < -0.3 is 5.11 Å². The van der Waals surface area contributed by atoms with Gasteiger partial charge in [-0.2, -0.15) is 11.3 Å². The molecule has 1 atom stereocenters. The van der Waals surface area contributed by atoms with Crippen molar-refractivity contribution in [3.05, 3.63) is 64.4 Å². The summed E-state index contributed by atoms with van der Waals surface area (Å²) < 4.78 is 0. The zero-order chi connectivity index (χ0) is 11.4. The van der Waals surface area contributed by atoms with Gasteiger partial charge in [-0.3, -0.25) is 0 Å². The topological polar surface area (TPSA) is 20.2 Å². The Kier molecular flexibility index (Phi) is 3.54. The Balaban J connectivity index is 2.18. The largest absolute Gasteiger partial charge is 0.384 e. The van der Waals surface area contributed by atoms with E-state index >= 15 is 0 Å². The normalized spacial score (nSPS) is 13.8. The third kappa shape index (κ3) is 2.60.